The second-order valence-electron chi connectivity index (χ2n) is 5.21. The van der Waals surface area contributed by atoms with E-state index >= 15 is 0 Å². The predicted octanol–water partition coefficient (Wildman–Crippen LogP) is 3.48. The fourth-order valence-electron chi connectivity index (χ4n) is 2.24. The summed E-state index contributed by atoms with van der Waals surface area (Å²) in [6.45, 7) is 8.67. The monoisotopic (exact) mass is 321 g/mol. The lowest BCUT2D eigenvalue weighted by atomic mass is 9.95. The molecule has 1 saturated heterocycles. The van der Waals surface area contributed by atoms with Crippen LogP contribution in [0.25, 0.3) is 0 Å². The molecule has 1 aliphatic heterocycles. The van der Waals surface area contributed by atoms with Crippen molar-refractivity contribution in [3.8, 4) is 0 Å². The lowest BCUT2D eigenvalue weighted by molar-refractivity contribution is -0.159. The van der Waals surface area contributed by atoms with Crippen molar-refractivity contribution in [3.63, 3.8) is 0 Å². The van der Waals surface area contributed by atoms with E-state index in [1.54, 1.807) is 4.90 Å². The molecule has 0 radical (unpaired) electrons. The molecule has 8 heteroatoms. The van der Waals surface area contributed by atoms with Gasteiger partial charge in [0.2, 0.25) is 5.91 Å². The molecule has 1 fully saturated rings. The molecular weight excluding hydrogens is 299 g/mol. The minimum absolute atomic E-state index is 0.0625. The third-order valence-electron chi connectivity index (χ3n) is 3.35. The Kier molecular flexibility index (Phi) is 6.37. The third kappa shape index (κ3) is 4.45. The average molecular weight is 321 g/mol. The van der Waals surface area contributed by atoms with Gasteiger partial charge in [-0.3, -0.25) is 4.79 Å². The van der Waals surface area contributed by atoms with E-state index in [1.165, 1.54) is 0 Å². The van der Waals surface area contributed by atoms with E-state index in [0.717, 1.165) is 0 Å². The van der Waals surface area contributed by atoms with Crippen LogP contribution in [0.3, 0.4) is 0 Å². The molecule has 0 saturated carbocycles. The van der Waals surface area contributed by atoms with Gasteiger partial charge in [-0.15, -0.1) is 0 Å². The van der Waals surface area contributed by atoms with Gasteiger partial charge in [0, 0.05) is 24.9 Å². The maximum absolute atomic E-state index is 12.4. The Bertz CT molecular complexity index is 478. The maximum atomic E-state index is 12.4. The van der Waals surface area contributed by atoms with E-state index in [-0.39, 0.29) is 23.6 Å². The van der Waals surface area contributed by atoms with Gasteiger partial charge in [-0.1, -0.05) is 32.9 Å². The summed E-state index contributed by atoms with van der Waals surface area (Å²) < 4.78 is 41.4. The van der Waals surface area contributed by atoms with Gasteiger partial charge in [0.1, 0.15) is 0 Å². The molecule has 0 aromatic carbocycles. The zero-order chi connectivity index (χ0) is 16.9. The van der Waals surface area contributed by atoms with E-state index in [0.29, 0.717) is 25.9 Å². The van der Waals surface area contributed by atoms with Crippen LogP contribution < -0.4 is 0 Å². The number of nitrogens with zero attached hydrogens (tertiary/aromatic N) is 3. The summed E-state index contributed by atoms with van der Waals surface area (Å²) in [6.07, 6.45) is -3.51. The van der Waals surface area contributed by atoms with Crippen LogP contribution in [0.5, 0.6) is 0 Å². The molecule has 0 N–H and O–H groups in total. The molecule has 0 aliphatic carbocycles. The van der Waals surface area contributed by atoms with Crippen molar-refractivity contribution in [1.29, 1.82) is 0 Å². The third-order valence-corrected chi connectivity index (χ3v) is 3.35. The van der Waals surface area contributed by atoms with Gasteiger partial charge in [-0.25, -0.2) is 0 Å². The number of carbonyl (C=O) groups excluding carboxylic acids is 1. The van der Waals surface area contributed by atoms with Crippen LogP contribution in [0, 0.1) is 5.92 Å². The van der Waals surface area contributed by atoms with Crippen molar-refractivity contribution < 1.29 is 22.5 Å². The van der Waals surface area contributed by atoms with Crippen LogP contribution in [-0.4, -0.2) is 34.0 Å². The van der Waals surface area contributed by atoms with E-state index < -0.39 is 12.1 Å². The molecule has 1 aromatic heterocycles. The molecule has 0 bridgehead atoms. The van der Waals surface area contributed by atoms with Gasteiger partial charge in [-0.2, -0.15) is 18.2 Å². The highest BCUT2D eigenvalue weighted by molar-refractivity contribution is 5.78. The number of aromatic nitrogens is 2. The van der Waals surface area contributed by atoms with Crippen molar-refractivity contribution in [2.75, 3.05) is 13.1 Å². The highest BCUT2D eigenvalue weighted by Gasteiger charge is 2.39. The Morgan fingerprint density at radius 2 is 1.82 bits per heavy atom. The highest BCUT2D eigenvalue weighted by Crippen LogP contribution is 2.31. The first-order valence-electron chi connectivity index (χ1n) is 7.48. The van der Waals surface area contributed by atoms with Gasteiger partial charge in [0.05, 0.1) is 0 Å². The molecule has 0 atom stereocenters. The zero-order valence-corrected chi connectivity index (χ0v) is 13.3. The first kappa shape index (κ1) is 18.4. The van der Waals surface area contributed by atoms with Crippen LogP contribution in [0.2, 0.25) is 0 Å². The Balaban J connectivity index is 0.00000116. The molecule has 5 nitrogen and oxygen atoms in total. The fraction of sp³-hybridized carbons (Fsp3) is 0.786. The summed E-state index contributed by atoms with van der Waals surface area (Å²) in [6, 6.07) is 0. The second kappa shape index (κ2) is 7.60. The molecule has 2 rings (SSSR count). The largest absolute Gasteiger partial charge is 0.471 e. The first-order valence-corrected chi connectivity index (χ1v) is 7.48. The topological polar surface area (TPSA) is 59.2 Å². The summed E-state index contributed by atoms with van der Waals surface area (Å²) in [5, 5.41) is 3.40. The zero-order valence-electron chi connectivity index (χ0n) is 13.3. The van der Waals surface area contributed by atoms with Gasteiger partial charge in [0.15, 0.2) is 5.82 Å². The normalized spacial score (nSPS) is 16.5. The van der Waals surface area contributed by atoms with E-state index in [9.17, 15) is 18.0 Å². The lowest BCUT2D eigenvalue weighted by Crippen LogP contribution is -2.40. The Hall–Kier alpha value is -1.60. The number of piperidine rings is 1. The quantitative estimate of drug-likeness (QED) is 0.837. The SMILES string of the molecule is CC.CC(C)C(=O)N1CCC(c2noc(C(F)(F)F)n2)CC1. The smallest absolute Gasteiger partial charge is 0.342 e. The number of carbonyl (C=O) groups is 1. The Morgan fingerprint density at radius 3 is 2.23 bits per heavy atom. The van der Waals surface area contributed by atoms with Gasteiger partial charge < -0.3 is 9.42 Å². The van der Waals surface area contributed by atoms with Crippen molar-refractivity contribution in [3.05, 3.63) is 11.7 Å². The van der Waals surface area contributed by atoms with E-state index in [2.05, 4.69) is 14.7 Å². The molecule has 1 aromatic rings. The second-order valence-corrected chi connectivity index (χ2v) is 5.21. The van der Waals surface area contributed by atoms with Crippen LogP contribution in [0.15, 0.2) is 4.52 Å². The summed E-state index contributed by atoms with van der Waals surface area (Å²) in [4.78, 5) is 16.9. The Morgan fingerprint density at radius 1 is 1.27 bits per heavy atom. The molecule has 1 aliphatic rings. The van der Waals surface area contributed by atoms with Crippen molar-refractivity contribution in [2.24, 2.45) is 5.92 Å². The summed E-state index contributed by atoms with van der Waals surface area (Å²) in [5.41, 5.74) is 0. The number of hydrogen-bond acceptors (Lipinski definition) is 4. The summed E-state index contributed by atoms with van der Waals surface area (Å²) in [5.74, 6) is -1.44. The summed E-state index contributed by atoms with van der Waals surface area (Å²) >= 11 is 0. The molecular formula is C14H22F3N3O2. The van der Waals surface area contributed by atoms with E-state index in [1.807, 2.05) is 27.7 Å². The van der Waals surface area contributed by atoms with Gasteiger partial charge >= 0.3 is 12.1 Å². The highest BCUT2D eigenvalue weighted by atomic mass is 19.4. The predicted molar refractivity (Wildman–Crippen MR) is 74.0 cm³/mol. The average Bonchev–Trinajstić information content (AvgIpc) is 2.98. The van der Waals surface area contributed by atoms with Crippen LogP contribution in [-0.2, 0) is 11.0 Å². The first-order chi connectivity index (χ1) is 10.3. The number of rotatable bonds is 2. The molecule has 126 valence electrons. The fourth-order valence-corrected chi connectivity index (χ4v) is 2.24. The van der Waals surface area contributed by atoms with Crippen LogP contribution >= 0.6 is 0 Å². The number of alkyl halides is 3. The molecule has 22 heavy (non-hydrogen) atoms. The van der Waals surface area contributed by atoms with Crippen molar-refractivity contribution >= 4 is 5.91 Å². The minimum Gasteiger partial charge on any atom is -0.342 e. The van der Waals surface area contributed by atoms with E-state index in [4.69, 9.17) is 0 Å². The van der Waals surface area contributed by atoms with Crippen LogP contribution in [0.4, 0.5) is 13.2 Å². The number of amides is 1. The lowest BCUT2D eigenvalue weighted by Gasteiger charge is -2.31. The molecule has 0 spiro atoms. The number of likely N-dealkylation sites (tertiary alicyclic amines) is 1. The minimum atomic E-state index is -4.61. The van der Waals surface area contributed by atoms with Gasteiger partial charge in [-0.05, 0) is 12.8 Å². The maximum Gasteiger partial charge on any atom is 0.471 e. The van der Waals surface area contributed by atoms with Crippen LogP contribution in [0.1, 0.15) is 58.2 Å². The molecule has 2 heterocycles. The van der Waals surface area contributed by atoms with Crippen molar-refractivity contribution in [1.82, 2.24) is 15.0 Å². The van der Waals surface area contributed by atoms with Crippen molar-refractivity contribution in [2.45, 2.75) is 52.6 Å². The number of halogens is 3. The molecule has 1 amide bonds. The molecule has 0 unspecified atom stereocenters. The number of hydrogen-bond donors (Lipinski definition) is 0. The standard InChI is InChI=1S/C12H16F3N3O2.C2H6/c1-7(2)10(19)18-5-3-8(4-6-18)9-16-11(20-17-9)12(13,14)15;1-2/h7-8H,3-6H2,1-2H3;1-2H3. The summed E-state index contributed by atoms with van der Waals surface area (Å²) in [7, 11) is 0. The Labute approximate surface area is 127 Å². The van der Waals surface area contributed by atoms with Gasteiger partial charge in [0.25, 0.3) is 0 Å².